The molecule has 2 aromatic rings. The lowest BCUT2D eigenvalue weighted by Gasteiger charge is -2.27. The predicted octanol–water partition coefficient (Wildman–Crippen LogP) is 3.04. The zero-order valence-electron chi connectivity index (χ0n) is 9.11. The Morgan fingerprint density at radius 2 is 2.00 bits per heavy atom. The first-order chi connectivity index (χ1) is 7.93. The van der Waals surface area contributed by atoms with Crippen molar-refractivity contribution in [3.8, 4) is 11.3 Å². The van der Waals surface area contributed by atoms with Crippen LogP contribution in [0.15, 0.2) is 36.5 Å². The molecule has 1 fully saturated rings. The van der Waals surface area contributed by atoms with Gasteiger partial charge in [-0.25, -0.2) is 0 Å². The summed E-state index contributed by atoms with van der Waals surface area (Å²) in [7, 11) is 0. The van der Waals surface area contributed by atoms with Gasteiger partial charge in [0, 0.05) is 11.6 Å². The summed E-state index contributed by atoms with van der Waals surface area (Å²) in [4.78, 5) is 0. The molecule has 1 saturated carbocycles. The molecule has 0 aliphatic heterocycles. The minimum Gasteiger partial charge on any atom is -0.379 e. The van der Waals surface area contributed by atoms with Crippen LogP contribution in [0.25, 0.3) is 11.3 Å². The number of hydrogen-bond acceptors (Lipinski definition) is 2. The number of nitrogens with one attached hydrogen (secondary N) is 2. The lowest BCUT2D eigenvalue weighted by Crippen LogP contribution is -2.26. The van der Waals surface area contributed by atoms with Gasteiger partial charge in [0.25, 0.3) is 0 Å². The van der Waals surface area contributed by atoms with Gasteiger partial charge < -0.3 is 5.32 Å². The van der Waals surface area contributed by atoms with Crippen LogP contribution in [0.2, 0.25) is 0 Å². The number of aromatic nitrogens is 2. The summed E-state index contributed by atoms with van der Waals surface area (Å²) in [5.74, 6) is 0. The number of aromatic amines is 1. The molecule has 0 spiro atoms. The summed E-state index contributed by atoms with van der Waals surface area (Å²) in [5.41, 5.74) is 3.39. The molecule has 0 saturated heterocycles. The van der Waals surface area contributed by atoms with Gasteiger partial charge in [-0.2, -0.15) is 5.10 Å². The van der Waals surface area contributed by atoms with Crippen molar-refractivity contribution in [3.05, 3.63) is 36.5 Å². The van der Waals surface area contributed by atoms with E-state index in [0.717, 1.165) is 11.4 Å². The summed E-state index contributed by atoms with van der Waals surface area (Å²) in [6.07, 6.45) is 5.77. The molecular weight excluding hydrogens is 198 g/mol. The highest BCUT2D eigenvalue weighted by Crippen LogP contribution is 2.29. The van der Waals surface area contributed by atoms with Crippen molar-refractivity contribution in [1.82, 2.24) is 10.2 Å². The SMILES string of the molecule is c1ccc(-c2[nH]ncc2NC2CCC2)cc1. The first-order valence-corrected chi connectivity index (χ1v) is 5.79. The van der Waals surface area contributed by atoms with Crippen molar-refractivity contribution >= 4 is 5.69 Å². The van der Waals surface area contributed by atoms with Gasteiger partial charge in [0.2, 0.25) is 0 Å². The quantitative estimate of drug-likeness (QED) is 0.822. The molecule has 0 amide bonds. The van der Waals surface area contributed by atoms with E-state index in [1.165, 1.54) is 24.8 Å². The smallest absolute Gasteiger partial charge is 0.0882 e. The molecule has 0 bridgehead atoms. The normalized spacial score (nSPS) is 15.8. The standard InChI is InChI=1S/C13H15N3/c1-2-5-10(6-3-1)13-12(9-14-16-13)15-11-7-4-8-11/h1-3,5-6,9,11,15H,4,7-8H2,(H,14,16). The van der Waals surface area contributed by atoms with Crippen LogP contribution in [0.4, 0.5) is 5.69 Å². The average Bonchev–Trinajstić information content (AvgIpc) is 2.73. The predicted molar refractivity (Wildman–Crippen MR) is 65.3 cm³/mol. The van der Waals surface area contributed by atoms with Gasteiger partial charge in [-0.1, -0.05) is 30.3 Å². The third-order valence-electron chi connectivity index (χ3n) is 3.17. The Morgan fingerprint density at radius 1 is 1.19 bits per heavy atom. The number of anilines is 1. The molecule has 1 aromatic carbocycles. The lowest BCUT2D eigenvalue weighted by molar-refractivity contribution is 0.446. The summed E-state index contributed by atoms with van der Waals surface area (Å²) < 4.78 is 0. The maximum atomic E-state index is 4.12. The molecule has 16 heavy (non-hydrogen) atoms. The van der Waals surface area contributed by atoms with Gasteiger partial charge in [-0.05, 0) is 19.3 Å². The Hall–Kier alpha value is -1.77. The number of H-pyrrole nitrogens is 1. The van der Waals surface area contributed by atoms with E-state index < -0.39 is 0 Å². The highest BCUT2D eigenvalue weighted by atomic mass is 15.1. The third kappa shape index (κ3) is 1.69. The van der Waals surface area contributed by atoms with E-state index in [1.54, 1.807) is 0 Å². The Morgan fingerprint density at radius 3 is 2.69 bits per heavy atom. The van der Waals surface area contributed by atoms with Crippen LogP contribution in [-0.4, -0.2) is 16.2 Å². The van der Waals surface area contributed by atoms with Gasteiger partial charge in [0.15, 0.2) is 0 Å². The van der Waals surface area contributed by atoms with Crippen LogP contribution < -0.4 is 5.32 Å². The van der Waals surface area contributed by atoms with Crippen molar-refractivity contribution in [2.45, 2.75) is 25.3 Å². The summed E-state index contributed by atoms with van der Waals surface area (Å²) in [5, 5.41) is 10.7. The van der Waals surface area contributed by atoms with Gasteiger partial charge in [-0.15, -0.1) is 0 Å². The van der Waals surface area contributed by atoms with Crippen molar-refractivity contribution in [3.63, 3.8) is 0 Å². The Balaban J connectivity index is 1.87. The molecule has 3 heteroatoms. The van der Waals surface area contributed by atoms with Crippen LogP contribution in [0.3, 0.4) is 0 Å². The van der Waals surface area contributed by atoms with Gasteiger partial charge in [-0.3, -0.25) is 5.10 Å². The van der Waals surface area contributed by atoms with E-state index in [1.807, 2.05) is 24.4 Å². The Bertz CT molecular complexity index is 457. The fraction of sp³-hybridized carbons (Fsp3) is 0.308. The van der Waals surface area contributed by atoms with E-state index >= 15 is 0 Å². The van der Waals surface area contributed by atoms with Crippen LogP contribution in [0.1, 0.15) is 19.3 Å². The van der Waals surface area contributed by atoms with Gasteiger partial charge >= 0.3 is 0 Å². The van der Waals surface area contributed by atoms with E-state index in [9.17, 15) is 0 Å². The number of nitrogens with zero attached hydrogens (tertiary/aromatic N) is 1. The van der Waals surface area contributed by atoms with Crippen LogP contribution in [-0.2, 0) is 0 Å². The molecule has 1 aliphatic rings. The number of hydrogen-bond donors (Lipinski definition) is 2. The molecule has 1 heterocycles. The zero-order valence-corrected chi connectivity index (χ0v) is 9.11. The zero-order chi connectivity index (χ0) is 10.8. The second kappa shape index (κ2) is 4.00. The van der Waals surface area contributed by atoms with Crippen molar-refractivity contribution in [2.75, 3.05) is 5.32 Å². The Labute approximate surface area is 94.9 Å². The summed E-state index contributed by atoms with van der Waals surface area (Å²) in [6.45, 7) is 0. The summed E-state index contributed by atoms with van der Waals surface area (Å²) >= 11 is 0. The average molecular weight is 213 g/mol. The molecule has 1 aliphatic carbocycles. The first kappa shape index (κ1) is 9.46. The second-order valence-electron chi connectivity index (χ2n) is 4.30. The van der Waals surface area contributed by atoms with Crippen LogP contribution in [0.5, 0.6) is 0 Å². The van der Waals surface area contributed by atoms with E-state index in [2.05, 4.69) is 27.6 Å². The maximum Gasteiger partial charge on any atom is 0.0882 e. The van der Waals surface area contributed by atoms with Crippen molar-refractivity contribution in [2.24, 2.45) is 0 Å². The molecule has 1 aromatic heterocycles. The third-order valence-corrected chi connectivity index (χ3v) is 3.17. The second-order valence-corrected chi connectivity index (χ2v) is 4.30. The van der Waals surface area contributed by atoms with Crippen molar-refractivity contribution < 1.29 is 0 Å². The first-order valence-electron chi connectivity index (χ1n) is 5.79. The molecule has 2 N–H and O–H groups in total. The molecule has 82 valence electrons. The fourth-order valence-corrected chi connectivity index (χ4v) is 1.99. The fourth-order valence-electron chi connectivity index (χ4n) is 1.99. The highest BCUT2D eigenvalue weighted by molar-refractivity contribution is 5.73. The largest absolute Gasteiger partial charge is 0.379 e. The number of benzene rings is 1. The lowest BCUT2D eigenvalue weighted by atomic mass is 9.93. The topological polar surface area (TPSA) is 40.7 Å². The van der Waals surface area contributed by atoms with E-state index in [-0.39, 0.29) is 0 Å². The highest BCUT2D eigenvalue weighted by Gasteiger charge is 2.19. The molecule has 0 unspecified atom stereocenters. The monoisotopic (exact) mass is 213 g/mol. The van der Waals surface area contributed by atoms with Crippen molar-refractivity contribution in [1.29, 1.82) is 0 Å². The maximum absolute atomic E-state index is 4.12. The van der Waals surface area contributed by atoms with Crippen LogP contribution >= 0.6 is 0 Å². The molecular formula is C13H15N3. The minimum absolute atomic E-state index is 0.639. The van der Waals surface area contributed by atoms with E-state index in [0.29, 0.717) is 6.04 Å². The Kier molecular flexibility index (Phi) is 2.37. The van der Waals surface area contributed by atoms with Gasteiger partial charge in [0.05, 0.1) is 17.6 Å². The number of rotatable bonds is 3. The molecule has 3 rings (SSSR count). The molecule has 3 nitrogen and oxygen atoms in total. The summed E-state index contributed by atoms with van der Waals surface area (Å²) in [6, 6.07) is 10.9. The molecule has 0 atom stereocenters. The molecule has 0 radical (unpaired) electrons. The minimum atomic E-state index is 0.639. The van der Waals surface area contributed by atoms with Gasteiger partial charge in [0.1, 0.15) is 0 Å². The van der Waals surface area contributed by atoms with E-state index in [4.69, 9.17) is 0 Å². The van der Waals surface area contributed by atoms with Crippen LogP contribution in [0, 0.1) is 0 Å².